The number of thioether (sulfide) groups is 1. The summed E-state index contributed by atoms with van der Waals surface area (Å²) >= 11 is 1.57. The number of nitrogens with zero attached hydrogens (tertiary/aromatic N) is 1. The Balaban J connectivity index is 1.80. The van der Waals surface area contributed by atoms with Crippen molar-refractivity contribution in [3.05, 3.63) is 53.1 Å². The van der Waals surface area contributed by atoms with Crippen LogP contribution in [0.4, 0.5) is 4.39 Å². The lowest BCUT2D eigenvalue weighted by atomic mass is 10.2. The number of hydrogen-bond acceptors (Lipinski definition) is 6. The number of aromatic nitrogens is 1. The fraction of sp³-hybridized carbons (Fsp3) is 0.333. The molecule has 1 aliphatic heterocycles. The van der Waals surface area contributed by atoms with Gasteiger partial charge in [0.05, 0.1) is 18.9 Å². The number of nitrogens with one attached hydrogen (secondary N) is 1. The van der Waals surface area contributed by atoms with Crippen molar-refractivity contribution in [2.45, 2.75) is 25.0 Å². The molecule has 0 bridgehead atoms. The van der Waals surface area contributed by atoms with Gasteiger partial charge in [0.2, 0.25) is 0 Å². The van der Waals surface area contributed by atoms with E-state index in [9.17, 15) is 14.3 Å². The minimum atomic E-state index is -0.553. The first kappa shape index (κ1) is 18.5. The molecule has 0 aliphatic carbocycles. The molecule has 2 unspecified atom stereocenters. The molecule has 8 heteroatoms. The summed E-state index contributed by atoms with van der Waals surface area (Å²) in [7, 11) is 1.41. The summed E-state index contributed by atoms with van der Waals surface area (Å²) in [6.45, 7) is 2.14. The molecule has 2 aromatic rings. The summed E-state index contributed by atoms with van der Waals surface area (Å²) in [4.78, 5) is 16.8. The van der Waals surface area contributed by atoms with Gasteiger partial charge in [-0.2, -0.15) is 0 Å². The monoisotopic (exact) mass is 378 g/mol. The summed E-state index contributed by atoms with van der Waals surface area (Å²) in [6, 6.07) is 7.35. The Labute approximate surface area is 154 Å². The molecule has 1 aliphatic rings. The molecule has 0 radical (unpaired) electrons. The second-order valence-electron chi connectivity index (χ2n) is 5.87. The largest absolute Gasteiger partial charge is 0.503 e. The van der Waals surface area contributed by atoms with Gasteiger partial charge in [0, 0.05) is 18.4 Å². The Morgan fingerprint density at radius 1 is 1.46 bits per heavy atom. The number of aromatic hydroxyl groups is 1. The van der Waals surface area contributed by atoms with Gasteiger partial charge in [-0.05, 0) is 24.6 Å². The maximum atomic E-state index is 12.9. The molecule has 2 atom stereocenters. The maximum Gasteiger partial charge on any atom is 0.274 e. The second kappa shape index (κ2) is 7.92. The highest BCUT2D eigenvalue weighted by molar-refractivity contribution is 7.99. The zero-order valence-corrected chi connectivity index (χ0v) is 15.2. The summed E-state index contributed by atoms with van der Waals surface area (Å²) in [5.74, 6) is -0.250. The van der Waals surface area contributed by atoms with E-state index in [1.54, 1.807) is 30.0 Å². The summed E-state index contributed by atoms with van der Waals surface area (Å²) in [5.41, 5.74) is 0.792. The SMILES string of the molecule is COc1cc(C2OC(C)CS2)nc(C(=O)NCc2ccc(F)cc2)c1O. The van der Waals surface area contributed by atoms with Crippen LogP contribution in [0.5, 0.6) is 11.5 Å². The summed E-state index contributed by atoms with van der Waals surface area (Å²) in [5, 5.41) is 12.9. The van der Waals surface area contributed by atoms with Crippen LogP contribution < -0.4 is 10.1 Å². The Morgan fingerprint density at radius 2 is 2.19 bits per heavy atom. The molecule has 2 heterocycles. The van der Waals surface area contributed by atoms with Gasteiger partial charge in [0.25, 0.3) is 5.91 Å². The van der Waals surface area contributed by atoms with Crippen molar-refractivity contribution in [2.75, 3.05) is 12.9 Å². The molecular formula is C18H19FN2O4S. The molecule has 0 spiro atoms. The van der Waals surface area contributed by atoms with Crippen molar-refractivity contribution in [1.82, 2.24) is 10.3 Å². The van der Waals surface area contributed by atoms with Crippen LogP contribution in [0.25, 0.3) is 0 Å². The number of rotatable bonds is 5. The fourth-order valence-corrected chi connectivity index (χ4v) is 3.59. The Morgan fingerprint density at radius 3 is 2.81 bits per heavy atom. The third kappa shape index (κ3) is 4.08. The average molecular weight is 378 g/mol. The molecule has 138 valence electrons. The van der Waals surface area contributed by atoms with Crippen molar-refractivity contribution in [2.24, 2.45) is 0 Å². The standard InChI is InChI=1S/C18H19FN2O4S/c1-10-9-26-18(25-10)13-7-14(24-2)16(22)15(21-13)17(23)20-8-11-3-5-12(19)6-4-11/h3-7,10,18,22H,8-9H2,1-2H3,(H,20,23). The zero-order valence-electron chi connectivity index (χ0n) is 14.4. The first-order valence-corrected chi connectivity index (χ1v) is 9.10. The van der Waals surface area contributed by atoms with Crippen molar-refractivity contribution in [3.63, 3.8) is 0 Å². The Kier molecular flexibility index (Phi) is 5.63. The number of methoxy groups -OCH3 is 1. The van der Waals surface area contributed by atoms with E-state index < -0.39 is 5.91 Å². The third-order valence-electron chi connectivity index (χ3n) is 3.86. The number of carbonyl (C=O) groups is 1. The normalized spacial score (nSPS) is 19.3. The van der Waals surface area contributed by atoms with Crippen molar-refractivity contribution < 1.29 is 23.8 Å². The molecule has 2 N–H and O–H groups in total. The molecule has 1 aromatic heterocycles. The van der Waals surface area contributed by atoms with E-state index in [1.807, 2.05) is 6.92 Å². The van der Waals surface area contributed by atoms with Gasteiger partial charge in [0.15, 0.2) is 17.2 Å². The molecule has 26 heavy (non-hydrogen) atoms. The van der Waals surface area contributed by atoms with Gasteiger partial charge in [-0.1, -0.05) is 12.1 Å². The number of halogens is 1. The van der Waals surface area contributed by atoms with Gasteiger partial charge in [0.1, 0.15) is 11.3 Å². The third-order valence-corrected chi connectivity index (χ3v) is 5.18. The fourth-order valence-electron chi connectivity index (χ4n) is 2.50. The first-order chi connectivity index (χ1) is 12.5. The molecule has 3 rings (SSSR count). The molecule has 1 fully saturated rings. The Hall–Kier alpha value is -2.32. The lowest BCUT2D eigenvalue weighted by Crippen LogP contribution is -2.24. The molecule has 0 saturated carbocycles. The van der Waals surface area contributed by atoms with E-state index in [1.165, 1.54) is 19.2 Å². The van der Waals surface area contributed by atoms with Crippen LogP contribution in [0.1, 0.15) is 34.1 Å². The summed E-state index contributed by atoms with van der Waals surface area (Å²) in [6.07, 6.45) is 0.0855. The van der Waals surface area contributed by atoms with Gasteiger partial charge >= 0.3 is 0 Å². The van der Waals surface area contributed by atoms with E-state index in [0.717, 1.165) is 11.3 Å². The summed E-state index contributed by atoms with van der Waals surface area (Å²) < 4.78 is 23.9. The van der Waals surface area contributed by atoms with E-state index in [4.69, 9.17) is 9.47 Å². The van der Waals surface area contributed by atoms with E-state index in [-0.39, 0.29) is 41.1 Å². The van der Waals surface area contributed by atoms with Crippen LogP contribution in [0.15, 0.2) is 30.3 Å². The van der Waals surface area contributed by atoms with Crippen molar-refractivity contribution in [3.8, 4) is 11.5 Å². The highest BCUT2D eigenvalue weighted by Gasteiger charge is 2.28. The van der Waals surface area contributed by atoms with Gasteiger partial charge < -0.3 is 19.9 Å². The highest BCUT2D eigenvalue weighted by Crippen LogP contribution is 2.40. The van der Waals surface area contributed by atoms with E-state index in [2.05, 4.69) is 10.3 Å². The zero-order chi connectivity index (χ0) is 18.7. The molecule has 1 aromatic carbocycles. The van der Waals surface area contributed by atoms with Crippen molar-refractivity contribution in [1.29, 1.82) is 0 Å². The van der Waals surface area contributed by atoms with Gasteiger partial charge in [-0.15, -0.1) is 11.8 Å². The van der Waals surface area contributed by atoms with Gasteiger partial charge in [-0.25, -0.2) is 9.37 Å². The topological polar surface area (TPSA) is 80.7 Å². The van der Waals surface area contributed by atoms with E-state index in [0.29, 0.717) is 5.69 Å². The molecule has 1 amide bonds. The quantitative estimate of drug-likeness (QED) is 0.833. The van der Waals surface area contributed by atoms with Crippen LogP contribution in [-0.2, 0) is 11.3 Å². The van der Waals surface area contributed by atoms with Crippen LogP contribution in [0.2, 0.25) is 0 Å². The number of benzene rings is 1. The maximum absolute atomic E-state index is 12.9. The lowest BCUT2D eigenvalue weighted by Gasteiger charge is -2.15. The number of carbonyl (C=O) groups excluding carboxylic acids is 1. The van der Waals surface area contributed by atoms with Crippen LogP contribution in [0, 0.1) is 5.82 Å². The minimum absolute atomic E-state index is 0.0855. The van der Waals surface area contributed by atoms with E-state index >= 15 is 0 Å². The number of amides is 1. The number of hydrogen-bond donors (Lipinski definition) is 2. The van der Waals surface area contributed by atoms with Crippen molar-refractivity contribution >= 4 is 17.7 Å². The predicted octanol–water partition coefficient (Wildman–Crippen LogP) is 3.02. The number of ether oxygens (including phenoxy) is 2. The second-order valence-corrected chi connectivity index (χ2v) is 6.96. The molecule has 6 nitrogen and oxygen atoms in total. The van der Waals surface area contributed by atoms with Crippen LogP contribution >= 0.6 is 11.8 Å². The smallest absolute Gasteiger partial charge is 0.274 e. The lowest BCUT2D eigenvalue weighted by molar-refractivity contribution is 0.0761. The molecule has 1 saturated heterocycles. The van der Waals surface area contributed by atoms with Crippen LogP contribution in [0.3, 0.4) is 0 Å². The minimum Gasteiger partial charge on any atom is -0.503 e. The molecular weight excluding hydrogens is 359 g/mol. The predicted molar refractivity (Wildman–Crippen MR) is 95.8 cm³/mol. The number of pyridine rings is 1. The average Bonchev–Trinajstić information content (AvgIpc) is 3.07. The van der Waals surface area contributed by atoms with Crippen LogP contribution in [-0.4, -0.2) is 35.0 Å². The highest BCUT2D eigenvalue weighted by atomic mass is 32.2. The van der Waals surface area contributed by atoms with Gasteiger partial charge in [-0.3, -0.25) is 4.79 Å². The first-order valence-electron chi connectivity index (χ1n) is 8.05. The Bertz CT molecular complexity index is 801.